The van der Waals surface area contributed by atoms with Crippen molar-refractivity contribution in [1.29, 1.82) is 0 Å². The summed E-state index contributed by atoms with van der Waals surface area (Å²) >= 11 is 0. The minimum Gasteiger partial charge on any atom is -0.489 e. The Kier molecular flexibility index (Phi) is 12.7. The molecule has 1 aliphatic heterocycles. The van der Waals surface area contributed by atoms with Crippen LogP contribution in [0, 0.1) is 17.0 Å². The summed E-state index contributed by atoms with van der Waals surface area (Å²) in [4.78, 5) is 64.6. The van der Waals surface area contributed by atoms with E-state index >= 15 is 0 Å². The second-order valence-corrected chi connectivity index (χ2v) is 16.4. The number of nitrogens with zero attached hydrogens (tertiary/aromatic N) is 5. The van der Waals surface area contributed by atoms with E-state index in [0.717, 1.165) is 5.56 Å². The first-order valence-corrected chi connectivity index (χ1v) is 18.8. The lowest BCUT2D eigenvalue weighted by Crippen LogP contribution is -2.60. The van der Waals surface area contributed by atoms with Crippen LogP contribution < -0.4 is 10.1 Å². The monoisotopic (exact) mass is 774 g/mol. The van der Waals surface area contributed by atoms with Crippen molar-refractivity contribution >= 4 is 29.5 Å². The number of pyridine rings is 1. The van der Waals surface area contributed by atoms with Gasteiger partial charge >= 0.3 is 6.09 Å². The minimum absolute atomic E-state index is 0.0888. The van der Waals surface area contributed by atoms with Crippen LogP contribution in [-0.4, -0.2) is 104 Å². The molecule has 0 radical (unpaired) electrons. The van der Waals surface area contributed by atoms with Gasteiger partial charge in [0, 0.05) is 39.0 Å². The highest BCUT2D eigenvalue weighted by Gasteiger charge is 2.45. The fourth-order valence-electron chi connectivity index (χ4n) is 6.50. The molecule has 0 unspecified atom stereocenters. The number of benzene rings is 2. The van der Waals surface area contributed by atoms with E-state index in [1.54, 1.807) is 72.5 Å². The van der Waals surface area contributed by atoms with Gasteiger partial charge in [-0.15, -0.1) is 0 Å². The molecule has 1 saturated heterocycles. The van der Waals surface area contributed by atoms with Gasteiger partial charge in [-0.1, -0.05) is 39.0 Å². The standard InChI is InChI=1S/C42H52F2N6O6/c1-27(47(8)40(54)56-42(5,6)7)37(51)46-36(41(2,3)4)39(53)50-25-33(55-32-18-16-30(44)17-19-32)23-31(50)24-49(22-20-28-12-14-29(43)15-13-28)38(52)34-26-48-21-10-9-11-35(48)45-34/h9-19,21,26-27,31,33,36H,20,22-25H2,1-8H3,(H,46,51)/t27-,31-,33-,36+/m0/s1. The van der Waals surface area contributed by atoms with Crippen molar-refractivity contribution in [3.05, 3.63) is 102 Å². The molecule has 4 atom stereocenters. The first kappa shape index (κ1) is 41.6. The Bertz CT molecular complexity index is 1970. The first-order chi connectivity index (χ1) is 26.3. The zero-order chi connectivity index (χ0) is 40.9. The molecule has 1 N–H and O–H groups in total. The molecular formula is C42H52F2N6O6. The van der Waals surface area contributed by atoms with Gasteiger partial charge in [0.15, 0.2) is 0 Å². The maximum absolute atomic E-state index is 14.8. The number of imidazole rings is 1. The fourth-order valence-corrected chi connectivity index (χ4v) is 6.50. The number of ether oxygens (including phenoxy) is 2. The maximum atomic E-state index is 14.8. The van der Waals surface area contributed by atoms with Gasteiger partial charge in [-0.25, -0.2) is 18.6 Å². The number of halogens is 2. The van der Waals surface area contributed by atoms with Crippen molar-refractivity contribution in [3.63, 3.8) is 0 Å². The average molecular weight is 775 g/mol. The Balaban J connectivity index is 1.44. The molecule has 300 valence electrons. The predicted molar refractivity (Wildman–Crippen MR) is 207 cm³/mol. The number of carbonyl (C=O) groups is 4. The van der Waals surface area contributed by atoms with Crippen LogP contribution in [0.2, 0.25) is 0 Å². The predicted octanol–water partition coefficient (Wildman–Crippen LogP) is 6.13. The zero-order valence-corrected chi connectivity index (χ0v) is 33.3. The molecule has 2 aromatic carbocycles. The highest BCUT2D eigenvalue weighted by atomic mass is 19.1. The van der Waals surface area contributed by atoms with Gasteiger partial charge < -0.3 is 29.0 Å². The Hall–Kier alpha value is -5.53. The van der Waals surface area contributed by atoms with Crippen LogP contribution in [0.4, 0.5) is 13.6 Å². The normalized spacial score (nSPS) is 16.9. The van der Waals surface area contributed by atoms with Crippen molar-refractivity contribution in [1.82, 2.24) is 29.4 Å². The van der Waals surface area contributed by atoms with E-state index in [9.17, 15) is 28.0 Å². The number of hydrogen-bond acceptors (Lipinski definition) is 7. The molecule has 14 heteroatoms. The number of hydrogen-bond donors (Lipinski definition) is 1. The summed E-state index contributed by atoms with van der Waals surface area (Å²) in [5, 5.41) is 2.91. The molecular weight excluding hydrogens is 722 g/mol. The Labute approximate surface area is 326 Å². The number of likely N-dealkylation sites (N-methyl/N-ethyl adjacent to an activating group) is 1. The molecule has 4 aromatic rings. The lowest BCUT2D eigenvalue weighted by molar-refractivity contribution is -0.141. The number of likely N-dealkylation sites (tertiary alicyclic amines) is 1. The Morgan fingerprint density at radius 3 is 2.20 bits per heavy atom. The van der Waals surface area contributed by atoms with Gasteiger partial charge in [-0.05, 0) is 93.6 Å². The van der Waals surface area contributed by atoms with Gasteiger partial charge in [-0.3, -0.25) is 19.3 Å². The average Bonchev–Trinajstić information content (AvgIpc) is 3.75. The molecule has 0 spiro atoms. The van der Waals surface area contributed by atoms with Gasteiger partial charge in [0.25, 0.3) is 5.91 Å². The van der Waals surface area contributed by atoms with E-state index in [2.05, 4.69) is 10.3 Å². The molecule has 4 amide bonds. The van der Waals surface area contributed by atoms with Crippen molar-refractivity contribution < 1.29 is 37.4 Å². The third kappa shape index (κ3) is 10.6. The quantitative estimate of drug-likeness (QED) is 0.184. The first-order valence-electron chi connectivity index (χ1n) is 18.8. The molecule has 2 aromatic heterocycles. The van der Waals surface area contributed by atoms with Gasteiger partial charge in [0.2, 0.25) is 11.8 Å². The lowest BCUT2D eigenvalue weighted by Gasteiger charge is -2.38. The zero-order valence-electron chi connectivity index (χ0n) is 33.3. The van der Waals surface area contributed by atoms with Crippen LogP contribution in [0.3, 0.4) is 0 Å². The smallest absolute Gasteiger partial charge is 0.410 e. The minimum atomic E-state index is -1.04. The lowest BCUT2D eigenvalue weighted by atomic mass is 9.85. The second-order valence-electron chi connectivity index (χ2n) is 16.4. The molecule has 0 aliphatic carbocycles. The van der Waals surface area contributed by atoms with Crippen LogP contribution in [0.15, 0.2) is 79.1 Å². The number of carbonyl (C=O) groups excluding carboxylic acids is 4. The van der Waals surface area contributed by atoms with E-state index in [4.69, 9.17) is 9.47 Å². The number of nitrogens with one attached hydrogen (secondary N) is 1. The fraction of sp³-hybridized carbons (Fsp3) is 0.452. The van der Waals surface area contributed by atoms with E-state index < -0.39 is 59.0 Å². The van der Waals surface area contributed by atoms with Crippen LogP contribution in [-0.2, 0) is 20.7 Å². The molecule has 1 aliphatic rings. The largest absolute Gasteiger partial charge is 0.489 e. The highest BCUT2D eigenvalue weighted by Crippen LogP contribution is 2.29. The van der Waals surface area contributed by atoms with Crippen LogP contribution >= 0.6 is 0 Å². The van der Waals surface area contributed by atoms with E-state index in [0.29, 0.717) is 24.2 Å². The Morgan fingerprint density at radius 1 is 0.946 bits per heavy atom. The summed E-state index contributed by atoms with van der Waals surface area (Å²) in [6.07, 6.45) is 2.95. The number of aromatic nitrogens is 2. The van der Waals surface area contributed by atoms with Crippen molar-refractivity contribution in [2.24, 2.45) is 5.41 Å². The summed E-state index contributed by atoms with van der Waals surface area (Å²) in [6.45, 7) is 12.7. The third-order valence-electron chi connectivity index (χ3n) is 9.70. The summed E-state index contributed by atoms with van der Waals surface area (Å²) in [7, 11) is 1.46. The van der Waals surface area contributed by atoms with Crippen molar-refractivity contribution in [3.8, 4) is 5.75 Å². The summed E-state index contributed by atoms with van der Waals surface area (Å²) < 4.78 is 41.0. The van der Waals surface area contributed by atoms with Gasteiger partial charge in [0.1, 0.15) is 52.5 Å². The molecule has 0 bridgehead atoms. The molecule has 56 heavy (non-hydrogen) atoms. The second kappa shape index (κ2) is 17.1. The highest BCUT2D eigenvalue weighted by molar-refractivity contribution is 5.93. The maximum Gasteiger partial charge on any atom is 0.410 e. The van der Waals surface area contributed by atoms with E-state index in [1.165, 1.54) is 48.3 Å². The SMILES string of the molecule is C[C@@H](C(=O)N[C@H](C(=O)N1C[C@@H](Oc2ccc(F)cc2)C[C@H]1CN(CCc1ccc(F)cc1)C(=O)c1cn2ccccc2n1)C(C)(C)C)N(C)C(=O)OC(C)(C)C. The molecule has 12 nitrogen and oxygen atoms in total. The third-order valence-corrected chi connectivity index (χ3v) is 9.70. The Morgan fingerprint density at radius 2 is 1.59 bits per heavy atom. The summed E-state index contributed by atoms with van der Waals surface area (Å²) in [5.41, 5.74) is 0.0641. The van der Waals surface area contributed by atoms with Crippen LogP contribution in [0.25, 0.3) is 5.65 Å². The van der Waals surface area contributed by atoms with E-state index in [-0.39, 0.29) is 37.1 Å². The van der Waals surface area contributed by atoms with Crippen LogP contribution in [0.1, 0.15) is 70.9 Å². The summed E-state index contributed by atoms with van der Waals surface area (Å²) in [6, 6.07) is 14.5. The summed E-state index contributed by atoms with van der Waals surface area (Å²) in [5.74, 6) is -1.68. The van der Waals surface area contributed by atoms with E-state index in [1.807, 2.05) is 32.9 Å². The molecule has 1 fully saturated rings. The van der Waals surface area contributed by atoms with Crippen molar-refractivity contribution in [2.45, 2.75) is 91.1 Å². The van der Waals surface area contributed by atoms with Crippen LogP contribution in [0.5, 0.6) is 5.75 Å². The topological polar surface area (TPSA) is 126 Å². The molecule has 5 rings (SSSR count). The number of amides is 4. The van der Waals surface area contributed by atoms with Gasteiger partial charge in [0.05, 0.1) is 12.6 Å². The number of rotatable bonds is 12. The van der Waals surface area contributed by atoms with Gasteiger partial charge in [-0.2, -0.15) is 0 Å². The van der Waals surface area contributed by atoms with Crippen molar-refractivity contribution in [2.75, 3.05) is 26.7 Å². The molecule has 3 heterocycles. The molecule has 0 saturated carbocycles. The number of fused-ring (bicyclic) bond motifs is 1.